The predicted octanol–water partition coefficient (Wildman–Crippen LogP) is 3.20. The quantitative estimate of drug-likeness (QED) is 0.928. The van der Waals surface area contributed by atoms with Gasteiger partial charge in [0.25, 0.3) is 0 Å². The molecule has 3 aliphatic rings. The molecule has 4 atom stereocenters. The molecule has 0 bridgehead atoms. The molecule has 2 heterocycles. The summed E-state index contributed by atoms with van der Waals surface area (Å²) in [5.74, 6) is 2.05. The van der Waals surface area contributed by atoms with Crippen LogP contribution in [0.2, 0.25) is 0 Å². The second-order valence-electron chi connectivity index (χ2n) is 7.62. The van der Waals surface area contributed by atoms with Crippen LogP contribution in [-0.2, 0) is 11.8 Å². The number of aryl methyl sites for hydroxylation is 1. The first-order chi connectivity index (χ1) is 10.8. The third-order valence-corrected chi connectivity index (χ3v) is 5.83. The van der Waals surface area contributed by atoms with Gasteiger partial charge >= 0.3 is 0 Å². The van der Waals surface area contributed by atoms with Crippen molar-refractivity contribution in [1.29, 1.82) is 0 Å². The summed E-state index contributed by atoms with van der Waals surface area (Å²) in [5, 5.41) is 8.29. The average molecular weight is 303 g/mol. The number of hydrogen-bond acceptors (Lipinski definition) is 3. The molecule has 1 aromatic rings. The van der Waals surface area contributed by atoms with Crippen molar-refractivity contribution in [3.63, 3.8) is 0 Å². The lowest BCUT2D eigenvalue weighted by molar-refractivity contribution is -0.0162. The van der Waals surface area contributed by atoms with Gasteiger partial charge in [-0.25, -0.2) is 0 Å². The van der Waals surface area contributed by atoms with Gasteiger partial charge in [-0.1, -0.05) is 12.8 Å². The van der Waals surface area contributed by atoms with E-state index in [-0.39, 0.29) is 6.10 Å². The van der Waals surface area contributed by atoms with Crippen LogP contribution >= 0.6 is 0 Å². The summed E-state index contributed by atoms with van der Waals surface area (Å²) in [6.45, 7) is 0.882. The fourth-order valence-electron chi connectivity index (χ4n) is 4.54. The zero-order chi connectivity index (χ0) is 14.9. The van der Waals surface area contributed by atoms with E-state index in [4.69, 9.17) is 4.74 Å². The molecule has 1 aromatic heterocycles. The van der Waals surface area contributed by atoms with Crippen LogP contribution < -0.4 is 5.32 Å². The van der Waals surface area contributed by atoms with E-state index in [9.17, 15) is 0 Å². The Morgan fingerprint density at radius 1 is 1.14 bits per heavy atom. The predicted molar refractivity (Wildman–Crippen MR) is 86.5 cm³/mol. The van der Waals surface area contributed by atoms with Crippen molar-refractivity contribution in [2.75, 3.05) is 6.61 Å². The van der Waals surface area contributed by atoms with E-state index in [0.717, 1.165) is 18.4 Å². The van der Waals surface area contributed by atoms with Crippen LogP contribution in [0.5, 0.6) is 0 Å². The molecular weight excluding hydrogens is 274 g/mol. The Labute approximate surface area is 133 Å². The molecule has 1 aliphatic heterocycles. The number of rotatable bonds is 4. The topological polar surface area (TPSA) is 39.1 Å². The normalized spacial score (nSPS) is 36.4. The molecule has 122 valence electrons. The highest BCUT2D eigenvalue weighted by Crippen LogP contribution is 2.44. The summed E-state index contributed by atoms with van der Waals surface area (Å²) >= 11 is 0. The van der Waals surface area contributed by atoms with Crippen molar-refractivity contribution in [3.05, 3.63) is 18.0 Å². The summed E-state index contributed by atoms with van der Waals surface area (Å²) in [4.78, 5) is 0. The van der Waals surface area contributed by atoms with Gasteiger partial charge in [0.05, 0.1) is 6.20 Å². The molecular formula is C18H29N3O. The van der Waals surface area contributed by atoms with Gasteiger partial charge in [0.15, 0.2) is 0 Å². The maximum absolute atomic E-state index is 6.10. The van der Waals surface area contributed by atoms with Crippen LogP contribution in [0.1, 0.15) is 63.0 Å². The van der Waals surface area contributed by atoms with Crippen LogP contribution in [-0.4, -0.2) is 28.5 Å². The number of aromatic nitrogens is 2. The highest BCUT2D eigenvalue weighted by Gasteiger charge is 2.36. The first kappa shape index (κ1) is 14.7. The Bertz CT molecular complexity index is 496. The van der Waals surface area contributed by atoms with Gasteiger partial charge in [0, 0.05) is 37.5 Å². The Balaban J connectivity index is 1.40. The molecule has 2 saturated carbocycles. The minimum absolute atomic E-state index is 0.184. The van der Waals surface area contributed by atoms with Gasteiger partial charge in [-0.05, 0) is 50.4 Å². The summed E-state index contributed by atoms with van der Waals surface area (Å²) in [5.41, 5.74) is 1.23. The van der Waals surface area contributed by atoms with Crippen LogP contribution in [0.25, 0.3) is 0 Å². The van der Waals surface area contributed by atoms with E-state index in [1.165, 1.54) is 56.9 Å². The third-order valence-electron chi connectivity index (χ3n) is 5.83. The van der Waals surface area contributed by atoms with E-state index in [2.05, 4.69) is 16.6 Å². The smallest absolute Gasteiger partial charge is 0.101 e. The maximum Gasteiger partial charge on any atom is 0.101 e. The molecule has 0 unspecified atom stereocenters. The molecule has 4 rings (SSSR count). The number of ether oxygens (including phenoxy) is 1. The van der Waals surface area contributed by atoms with E-state index in [1.807, 2.05) is 17.9 Å². The largest absolute Gasteiger partial charge is 0.372 e. The lowest BCUT2D eigenvalue weighted by Gasteiger charge is -2.38. The van der Waals surface area contributed by atoms with Gasteiger partial charge in [0.1, 0.15) is 6.10 Å². The van der Waals surface area contributed by atoms with Gasteiger partial charge < -0.3 is 10.1 Å². The molecule has 3 fully saturated rings. The SMILES string of the molecule is Cn1cc([C@H]2OCCC[C@@H]2N[C@H]2CCC[C@@H](C3CC3)C2)cn1. The van der Waals surface area contributed by atoms with E-state index >= 15 is 0 Å². The Morgan fingerprint density at radius 3 is 2.82 bits per heavy atom. The monoisotopic (exact) mass is 303 g/mol. The fourth-order valence-corrected chi connectivity index (χ4v) is 4.54. The first-order valence-electron chi connectivity index (χ1n) is 9.16. The summed E-state index contributed by atoms with van der Waals surface area (Å²) in [7, 11) is 1.98. The van der Waals surface area contributed by atoms with Crippen molar-refractivity contribution < 1.29 is 4.74 Å². The van der Waals surface area contributed by atoms with Crippen molar-refractivity contribution >= 4 is 0 Å². The number of hydrogen-bond donors (Lipinski definition) is 1. The zero-order valence-corrected chi connectivity index (χ0v) is 13.7. The molecule has 0 aromatic carbocycles. The van der Waals surface area contributed by atoms with E-state index in [1.54, 1.807) is 0 Å². The molecule has 0 spiro atoms. The van der Waals surface area contributed by atoms with Crippen molar-refractivity contribution in [3.8, 4) is 0 Å². The van der Waals surface area contributed by atoms with Crippen molar-refractivity contribution in [1.82, 2.24) is 15.1 Å². The molecule has 4 heteroatoms. The van der Waals surface area contributed by atoms with Gasteiger partial charge in [-0.2, -0.15) is 5.10 Å². The second-order valence-corrected chi connectivity index (χ2v) is 7.62. The lowest BCUT2D eigenvalue weighted by Crippen LogP contribution is -2.46. The van der Waals surface area contributed by atoms with Crippen LogP contribution in [0.3, 0.4) is 0 Å². The number of nitrogens with one attached hydrogen (secondary N) is 1. The molecule has 1 saturated heterocycles. The highest BCUT2D eigenvalue weighted by molar-refractivity contribution is 5.12. The fraction of sp³-hybridized carbons (Fsp3) is 0.833. The van der Waals surface area contributed by atoms with Crippen molar-refractivity contribution in [2.45, 2.75) is 69.6 Å². The molecule has 22 heavy (non-hydrogen) atoms. The van der Waals surface area contributed by atoms with Gasteiger partial charge in [0.2, 0.25) is 0 Å². The van der Waals surface area contributed by atoms with Crippen LogP contribution in [0.15, 0.2) is 12.4 Å². The molecule has 0 radical (unpaired) electrons. The second kappa shape index (κ2) is 6.32. The Kier molecular flexibility index (Phi) is 4.23. The van der Waals surface area contributed by atoms with E-state index in [0.29, 0.717) is 12.1 Å². The maximum atomic E-state index is 6.10. The lowest BCUT2D eigenvalue weighted by atomic mass is 9.82. The summed E-state index contributed by atoms with van der Waals surface area (Å²) in [6.07, 6.45) is 15.3. The molecule has 0 amide bonds. The zero-order valence-electron chi connectivity index (χ0n) is 13.7. The van der Waals surface area contributed by atoms with Crippen LogP contribution in [0.4, 0.5) is 0 Å². The van der Waals surface area contributed by atoms with Gasteiger partial charge in [-0.15, -0.1) is 0 Å². The summed E-state index contributed by atoms with van der Waals surface area (Å²) < 4.78 is 7.99. The molecule has 2 aliphatic carbocycles. The minimum Gasteiger partial charge on any atom is -0.372 e. The van der Waals surface area contributed by atoms with Crippen molar-refractivity contribution in [2.24, 2.45) is 18.9 Å². The summed E-state index contributed by atoms with van der Waals surface area (Å²) in [6, 6.07) is 1.16. The minimum atomic E-state index is 0.184. The van der Waals surface area contributed by atoms with Gasteiger partial charge in [-0.3, -0.25) is 4.68 Å². The standard InChI is InChI=1S/C18H29N3O/c1-21-12-15(11-19-21)18-17(6-3-9-22-18)20-16-5-2-4-14(10-16)13-7-8-13/h11-14,16-18,20H,2-10H2,1H3/t14-,16+,17+,18-/m1/s1. The Morgan fingerprint density at radius 2 is 2.05 bits per heavy atom. The number of nitrogens with zero attached hydrogens (tertiary/aromatic N) is 2. The van der Waals surface area contributed by atoms with E-state index < -0.39 is 0 Å². The van der Waals surface area contributed by atoms with Crippen LogP contribution in [0, 0.1) is 11.8 Å². The Hall–Kier alpha value is -0.870. The first-order valence-corrected chi connectivity index (χ1v) is 9.16. The highest BCUT2D eigenvalue weighted by atomic mass is 16.5. The molecule has 4 nitrogen and oxygen atoms in total. The average Bonchev–Trinajstić information content (AvgIpc) is 3.30. The third kappa shape index (κ3) is 3.23. The molecule has 1 N–H and O–H groups in total.